The molecule has 1 N–H and O–H groups in total. The maximum atomic E-state index is 5.96. The van der Waals surface area contributed by atoms with Crippen molar-refractivity contribution >= 4 is 18.6 Å². The van der Waals surface area contributed by atoms with Gasteiger partial charge in [-0.1, -0.05) is 26.7 Å². The van der Waals surface area contributed by atoms with Crippen molar-refractivity contribution in [2.45, 2.75) is 78.6 Å². The zero-order valence-corrected chi connectivity index (χ0v) is 18.4. The fourth-order valence-corrected chi connectivity index (χ4v) is 7.39. The molecule has 2 unspecified atom stereocenters. The molecule has 0 spiro atoms. The molecule has 0 heterocycles. The molecule has 0 radical (unpaired) electrons. The van der Waals surface area contributed by atoms with Gasteiger partial charge in [0.25, 0.3) is 0 Å². The van der Waals surface area contributed by atoms with E-state index in [1.54, 1.807) is 0 Å². The van der Waals surface area contributed by atoms with Crippen LogP contribution in [0.4, 0.5) is 0 Å². The molecule has 2 atom stereocenters. The Morgan fingerprint density at radius 1 is 0.609 bits per heavy atom. The predicted octanol–water partition coefficient (Wildman–Crippen LogP) is 2.58. The van der Waals surface area contributed by atoms with Crippen molar-refractivity contribution in [1.29, 1.82) is 0 Å². The summed E-state index contributed by atoms with van der Waals surface area (Å²) in [5, 5.41) is 3.82. The minimum atomic E-state index is -1.73. The van der Waals surface area contributed by atoms with E-state index in [2.05, 4.69) is 19.2 Å². The third-order valence-corrected chi connectivity index (χ3v) is 8.62. The normalized spacial score (nSPS) is 14.6. The topological polar surface area (TPSA) is 49.0 Å². The van der Waals surface area contributed by atoms with Crippen molar-refractivity contribution < 1.29 is 17.7 Å². The van der Waals surface area contributed by atoms with Crippen molar-refractivity contribution in [1.82, 2.24) is 5.32 Å². The molecular weight excluding hydrogens is 326 g/mol. The summed E-state index contributed by atoms with van der Waals surface area (Å²) in [7, 11) is -3.46. The van der Waals surface area contributed by atoms with E-state index in [4.69, 9.17) is 17.7 Å². The Kier molecular flexibility index (Phi) is 15.9. The maximum Gasteiger partial charge on any atom is 0.338 e. The highest BCUT2D eigenvalue weighted by atomic mass is 28.3. The average Bonchev–Trinajstić information content (AvgIpc) is 2.53. The summed E-state index contributed by atoms with van der Waals surface area (Å²) in [5.41, 5.74) is 0.625. The highest BCUT2D eigenvalue weighted by Gasteiger charge is 2.32. The van der Waals surface area contributed by atoms with Crippen LogP contribution in [0.1, 0.15) is 67.2 Å². The summed E-state index contributed by atoms with van der Waals surface area (Å²) in [6.07, 6.45) is 4.40. The Balaban J connectivity index is 5.01. The second kappa shape index (κ2) is 15.7. The minimum Gasteiger partial charge on any atom is -0.396 e. The van der Waals surface area contributed by atoms with Gasteiger partial charge in [-0.15, -0.1) is 0 Å². The summed E-state index contributed by atoms with van der Waals surface area (Å²) in [6.45, 7) is 15.5. The van der Waals surface area contributed by atoms with Gasteiger partial charge in [-0.25, -0.2) is 0 Å². The lowest BCUT2D eigenvalue weighted by Gasteiger charge is -2.32. The van der Waals surface area contributed by atoms with Gasteiger partial charge in [0.2, 0.25) is 0 Å². The van der Waals surface area contributed by atoms with Crippen molar-refractivity contribution in [2.75, 3.05) is 26.4 Å². The van der Waals surface area contributed by atoms with E-state index in [0.29, 0.717) is 11.3 Å². The zero-order chi connectivity index (χ0) is 17.5. The highest BCUT2D eigenvalue weighted by Crippen LogP contribution is 2.12. The van der Waals surface area contributed by atoms with Crippen LogP contribution in [0.25, 0.3) is 0 Å². The van der Waals surface area contributed by atoms with E-state index in [-0.39, 0.29) is 0 Å². The Labute approximate surface area is 147 Å². The van der Waals surface area contributed by atoms with Crippen LogP contribution < -0.4 is 5.32 Å². The van der Waals surface area contributed by atoms with Crippen LogP contribution in [0.3, 0.4) is 0 Å². The molecule has 0 aliphatic carbocycles. The van der Waals surface area contributed by atoms with Gasteiger partial charge in [0, 0.05) is 37.8 Å². The van der Waals surface area contributed by atoms with Crippen molar-refractivity contribution in [3.05, 3.63) is 0 Å². The monoisotopic (exact) mass is 365 g/mol. The van der Waals surface area contributed by atoms with Crippen LogP contribution in [0.5, 0.6) is 0 Å². The number of hydrogen-bond donors (Lipinski definition) is 1. The molecule has 0 aromatic carbocycles. The van der Waals surface area contributed by atoms with E-state index in [9.17, 15) is 0 Å². The summed E-state index contributed by atoms with van der Waals surface area (Å²) in [6, 6.07) is 0. The molecule has 0 rings (SSSR count). The van der Waals surface area contributed by atoms with Gasteiger partial charge >= 0.3 is 18.6 Å². The van der Waals surface area contributed by atoms with Crippen LogP contribution in [0.15, 0.2) is 0 Å². The quantitative estimate of drug-likeness (QED) is 0.426. The number of hydrogen-bond acceptors (Lipinski definition) is 5. The lowest BCUT2D eigenvalue weighted by Crippen LogP contribution is -2.56. The van der Waals surface area contributed by atoms with E-state index in [0.717, 1.165) is 52.1 Å². The molecule has 0 saturated heterocycles. The molecule has 0 aliphatic heterocycles. The molecule has 0 fully saturated rings. The lowest BCUT2D eigenvalue weighted by molar-refractivity contribution is 0.181. The largest absolute Gasteiger partial charge is 0.396 e. The minimum absolute atomic E-state index is 0.312. The summed E-state index contributed by atoms with van der Waals surface area (Å²) < 4.78 is 23.9. The molecule has 0 aromatic rings. The fraction of sp³-hybridized carbons (Fsp3) is 1.00. The Morgan fingerprint density at radius 2 is 0.913 bits per heavy atom. The van der Waals surface area contributed by atoms with Gasteiger partial charge in [0.05, 0.1) is 0 Å². The molecule has 0 aromatic heterocycles. The summed E-state index contributed by atoms with van der Waals surface area (Å²) in [5.74, 6) is 0. The molecule has 5 nitrogen and oxygen atoms in total. The summed E-state index contributed by atoms with van der Waals surface area (Å²) >= 11 is 0. The van der Waals surface area contributed by atoms with Crippen LogP contribution in [0, 0.1) is 0 Å². The molecule has 0 amide bonds. The number of rotatable bonds is 16. The molecule has 0 aliphatic rings. The van der Waals surface area contributed by atoms with Crippen LogP contribution >= 0.6 is 0 Å². The third-order valence-electron chi connectivity index (χ3n) is 3.61. The van der Waals surface area contributed by atoms with E-state index in [1.807, 2.05) is 27.7 Å². The maximum absolute atomic E-state index is 5.96. The highest BCUT2D eigenvalue weighted by molar-refractivity contribution is 6.48. The average molecular weight is 366 g/mol. The fourth-order valence-electron chi connectivity index (χ4n) is 2.71. The smallest absolute Gasteiger partial charge is 0.338 e. The van der Waals surface area contributed by atoms with E-state index in [1.165, 1.54) is 0 Å². The van der Waals surface area contributed by atoms with Crippen LogP contribution in [-0.4, -0.2) is 56.3 Å². The first kappa shape index (κ1) is 23.2. The predicted molar refractivity (Wildman–Crippen MR) is 101 cm³/mol. The second-order valence-electron chi connectivity index (χ2n) is 5.52. The van der Waals surface area contributed by atoms with Crippen LogP contribution in [0.2, 0.25) is 0 Å². The number of nitrogens with one attached hydrogen (secondary N) is 1. The van der Waals surface area contributed by atoms with Crippen molar-refractivity contribution in [3.8, 4) is 0 Å². The molecule has 140 valence electrons. The standard InChI is InChI=1S/C16H39NO4Si2/c1-7-13-15(22(18-9-3)19-10-4)17-16(14-8-2)23(20-11-5)21-12-6/h15-17,22-23H,7-14H2,1-6H3. The van der Waals surface area contributed by atoms with Gasteiger partial charge in [-0.3, -0.25) is 0 Å². The van der Waals surface area contributed by atoms with Gasteiger partial charge in [-0.2, -0.15) is 0 Å². The van der Waals surface area contributed by atoms with Gasteiger partial charge in [0.15, 0.2) is 0 Å². The molecule has 0 saturated carbocycles. The van der Waals surface area contributed by atoms with E-state index >= 15 is 0 Å². The summed E-state index contributed by atoms with van der Waals surface area (Å²) in [4.78, 5) is 0. The second-order valence-corrected chi connectivity index (χ2v) is 9.93. The first-order valence-electron chi connectivity index (χ1n) is 9.40. The zero-order valence-electron chi connectivity index (χ0n) is 16.1. The first-order valence-corrected chi connectivity index (χ1v) is 12.6. The Hall–Kier alpha value is 0.234. The van der Waals surface area contributed by atoms with Crippen LogP contribution in [-0.2, 0) is 17.7 Å². The van der Waals surface area contributed by atoms with Gasteiger partial charge in [0.1, 0.15) is 0 Å². The lowest BCUT2D eigenvalue weighted by atomic mass is 10.3. The van der Waals surface area contributed by atoms with Crippen molar-refractivity contribution in [3.63, 3.8) is 0 Å². The third kappa shape index (κ3) is 9.96. The Bertz CT molecular complexity index is 226. The molecule has 0 bridgehead atoms. The first-order chi connectivity index (χ1) is 11.2. The van der Waals surface area contributed by atoms with Crippen molar-refractivity contribution in [2.24, 2.45) is 0 Å². The molecule has 23 heavy (non-hydrogen) atoms. The molecule has 7 heteroatoms. The SMILES string of the molecule is CCCC(NC(CCC)[SiH](OCC)OCC)[SiH](OCC)OCC. The van der Waals surface area contributed by atoms with Gasteiger partial charge in [-0.05, 0) is 40.5 Å². The van der Waals surface area contributed by atoms with Gasteiger partial charge < -0.3 is 23.0 Å². The Morgan fingerprint density at radius 3 is 1.13 bits per heavy atom. The molecular formula is C16H39NO4Si2. The van der Waals surface area contributed by atoms with E-state index < -0.39 is 18.6 Å².